The Morgan fingerprint density at radius 2 is 1.76 bits per heavy atom. The number of nitrogens with zero attached hydrogens (tertiary/aromatic N) is 3. The molecule has 1 amide bonds. The number of benzene rings is 1. The molecule has 2 aromatic heterocycles. The van der Waals surface area contributed by atoms with Gasteiger partial charge in [-0.15, -0.1) is 0 Å². The second-order valence-corrected chi connectivity index (χ2v) is 6.64. The van der Waals surface area contributed by atoms with Gasteiger partial charge in [0, 0.05) is 12.2 Å². The van der Waals surface area contributed by atoms with Gasteiger partial charge in [0.2, 0.25) is 5.91 Å². The molecular formula is C20H24N4O. The number of pyridine rings is 1. The van der Waals surface area contributed by atoms with Crippen molar-refractivity contribution in [1.82, 2.24) is 19.9 Å². The van der Waals surface area contributed by atoms with E-state index >= 15 is 0 Å². The molecule has 0 aliphatic carbocycles. The van der Waals surface area contributed by atoms with Crippen molar-refractivity contribution in [3.63, 3.8) is 0 Å². The molecule has 0 aliphatic heterocycles. The first-order valence-electron chi connectivity index (χ1n) is 8.67. The Morgan fingerprint density at radius 1 is 1.04 bits per heavy atom. The van der Waals surface area contributed by atoms with Gasteiger partial charge in [0.25, 0.3) is 0 Å². The third-order valence-corrected chi connectivity index (χ3v) is 4.43. The van der Waals surface area contributed by atoms with Crippen LogP contribution >= 0.6 is 0 Å². The average Bonchev–Trinajstić information content (AvgIpc) is 3.01. The Balaban J connectivity index is 1.86. The number of carbonyl (C=O) groups is 1. The minimum atomic E-state index is -0.210. The zero-order chi connectivity index (χ0) is 18.0. The van der Waals surface area contributed by atoms with Gasteiger partial charge in [-0.05, 0) is 45.4 Å². The van der Waals surface area contributed by atoms with Crippen molar-refractivity contribution < 1.29 is 4.79 Å². The predicted octanol–water partition coefficient (Wildman–Crippen LogP) is 3.99. The number of amides is 1. The SMILES string of the molecule is CC(C)n1c([C@@H](C)NC(=O)[C@H](C)c2ccccc2)nc2cccnc21. The summed E-state index contributed by atoms with van der Waals surface area (Å²) in [5.74, 6) is 0.616. The van der Waals surface area contributed by atoms with Gasteiger partial charge in [0.1, 0.15) is 11.3 Å². The van der Waals surface area contributed by atoms with Crippen molar-refractivity contribution in [1.29, 1.82) is 0 Å². The summed E-state index contributed by atoms with van der Waals surface area (Å²) in [6.45, 7) is 8.08. The first kappa shape index (κ1) is 17.1. The third-order valence-electron chi connectivity index (χ3n) is 4.43. The van der Waals surface area contributed by atoms with Gasteiger partial charge < -0.3 is 9.88 Å². The van der Waals surface area contributed by atoms with E-state index in [1.807, 2.05) is 56.3 Å². The fourth-order valence-electron chi connectivity index (χ4n) is 3.06. The molecule has 0 fully saturated rings. The highest BCUT2D eigenvalue weighted by Crippen LogP contribution is 2.24. The van der Waals surface area contributed by atoms with E-state index in [2.05, 4.69) is 28.7 Å². The summed E-state index contributed by atoms with van der Waals surface area (Å²) in [6, 6.07) is 13.6. The molecule has 25 heavy (non-hydrogen) atoms. The molecule has 0 saturated carbocycles. The Bertz CT molecular complexity index is 870. The fourth-order valence-corrected chi connectivity index (χ4v) is 3.06. The zero-order valence-electron chi connectivity index (χ0n) is 15.1. The standard InChI is InChI=1S/C20H24N4O/c1-13(2)24-18(23-17-11-8-12-21-19(17)24)15(4)22-20(25)14(3)16-9-6-5-7-10-16/h5-15H,1-4H3,(H,22,25)/t14-,15-/m1/s1. The van der Waals surface area contributed by atoms with Crippen molar-refractivity contribution in [2.75, 3.05) is 0 Å². The molecule has 0 aliphatic rings. The summed E-state index contributed by atoms with van der Waals surface area (Å²) in [6.07, 6.45) is 1.77. The maximum atomic E-state index is 12.7. The smallest absolute Gasteiger partial charge is 0.227 e. The summed E-state index contributed by atoms with van der Waals surface area (Å²) < 4.78 is 2.09. The molecule has 1 N–H and O–H groups in total. The Hall–Kier alpha value is -2.69. The monoisotopic (exact) mass is 336 g/mol. The maximum absolute atomic E-state index is 12.7. The number of nitrogens with one attached hydrogen (secondary N) is 1. The van der Waals surface area contributed by atoms with Crippen LogP contribution in [0.4, 0.5) is 0 Å². The Kier molecular flexibility index (Phi) is 4.83. The molecule has 0 bridgehead atoms. The van der Waals surface area contributed by atoms with E-state index in [4.69, 9.17) is 4.98 Å². The lowest BCUT2D eigenvalue weighted by atomic mass is 10.0. The van der Waals surface area contributed by atoms with Gasteiger partial charge in [-0.3, -0.25) is 4.79 Å². The minimum Gasteiger partial charge on any atom is -0.346 e. The number of hydrogen-bond donors (Lipinski definition) is 1. The molecule has 0 radical (unpaired) electrons. The minimum absolute atomic E-state index is 0.00554. The van der Waals surface area contributed by atoms with Gasteiger partial charge in [0.05, 0.1) is 12.0 Å². The Morgan fingerprint density at radius 3 is 2.44 bits per heavy atom. The molecular weight excluding hydrogens is 312 g/mol. The number of imidazole rings is 1. The van der Waals surface area contributed by atoms with E-state index in [1.165, 1.54) is 0 Å². The maximum Gasteiger partial charge on any atom is 0.227 e. The molecule has 5 nitrogen and oxygen atoms in total. The lowest BCUT2D eigenvalue weighted by molar-refractivity contribution is -0.122. The van der Waals surface area contributed by atoms with Crippen molar-refractivity contribution in [3.8, 4) is 0 Å². The number of aromatic nitrogens is 3. The predicted molar refractivity (Wildman–Crippen MR) is 99.3 cm³/mol. The van der Waals surface area contributed by atoms with Crippen molar-refractivity contribution in [2.24, 2.45) is 0 Å². The number of carbonyl (C=O) groups excluding carboxylic acids is 1. The number of rotatable bonds is 5. The summed E-state index contributed by atoms with van der Waals surface area (Å²) in [7, 11) is 0. The first-order chi connectivity index (χ1) is 12.0. The van der Waals surface area contributed by atoms with E-state index in [0.717, 1.165) is 22.6 Å². The second-order valence-electron chi connectivity index (χ2n) is 6.64. The quantitative estimate of drug-likeness (QED) is 0.766. The zero-order valence-corrected chi connectivity index (χ0v) is 15.1. The fraction of sp³-hybridized carbons (Fsp3) is 0.350. The summed E-state index contributed by atoms with van der Waals surface area (Å²) in [5.41, 5.74) is 2.71. The number of hydrogen-bond acceptors (Lipinski definition) is 3. The van der Waals surface area contributed by atoms with Crippen molar-refractivity contribution >= 4 is 17.1 Å². The molecule has 2 atom stereocenters. The van der Waals surface area contributed by atoms with Gasteiger partial charge in [-0.2, -0.15) is 0 Å². The highest BCUT2D eigenvalue weighted by Gasteiger charge is 2.23. The van der Waals surface area contributed by atoms with E-state index in [9.17, 15) is 4.79 Å². The van der Waals surface area contributed by atoms with Crippen LogP contribution in [-0.4, -0.2) is 20.4 Å². The van der Waals surface area contributed by atoms with E-state index in [1.54, 1.807) is 6.20 Å². The van der Waals surface area contributed by atoms with Gasteiger partial charge in [0.15, 0.2) is 5.65 Å². The van der Waals surface area contributed by atoms with Crippen LogP contribution in [0.2, 0.25) is 0 Å². The van der Waals surface area contributed by atoms with E-state index in [-0.39, 0.29) is 23.9 Å². The van der Waals surface area contributed by atoms with Gasteiger partial charge in [-0.25, -0.2) is 9.97 Å². The van der Waals surface area contributed by atoms with Crippen LogP contribution < -0.4 is 5.32 Å². The molecule has 2 heterocycles. The topological polar surface area (TPSA) is 59.8 Å². The summed E-state index contributed by atoms with van der Waals surface area (Å²) >= 11 is 0. The summed E-state index contributed by atoms with van der Waals surface area (Å²) in [5, 5.41) is 3.10. The van der Waals surface area contributed by atoms with E-state index < -0.39 is 0 Å². The van der Waals surface area contributed by atoms with Crippen LogP contribution in [0.5, 0.6) is 0 Å². The van der Waals surface area contributed by atoms with Crippen LogP contribution in [0, 0.1) is 0 Å². The molecule has 0 spiro atoms. The highest BCUT2D eigenvalue weighted by molar-refractivity contribution is 5.83. The molecule has 3 rings (SSSR count). The van der Waals surface area contributed by atoms with Crippen molar-refractivity contribution in [3.05, 3.63) is 60.0 Å². The molecule has 5 heteroatoms. The second kappa shape index (κ2) is 7.05. The largest absolute Gasteiger partial charge is 0.346 e. The van der Waals surface area contributed by atoms with Crippen molar-refractivity contribution in [2.45, 2.75) is 45.7 Å². The lowest BCUT2D eigenvalue weighted by Crippen LogP contribution is -2.32. The van der Waals surface area contributed by atoms with Gasteiger partial charge >= 0.3 is 0 Å². The average molecular weight is 336 g/mol. The molecule has 1 aromatic carbocycles. The van der Waals surface area contributed by atoms with Gasteiger partial charge in [-0.1, -0.05) is 30.3 Å². The molecule has 3 aromatic rings. The molecule has 130 valence electrons. The highest BCUT2D eigenvalue weighted by atomic mass is 16.1. The lowest BCUT2D eigenvalue weighted by Gasteiger charge is -2.20. The molecule has 0 saturated heterocycles. The molecule has 0 unspecified atom stereocenters. The van der Waals surface area contributed by atoms with Crippen LogP contribution in [0.25, 0.3) is 11.2 Å². The van der Waals surface area contributed by atoms with Crippen LogP contribution in [-0.2, 0) is 4.79 Å². The Labute approximate surface area is 148 Å². The third kappa shape index (κ3) is 3.40. The van der Waals surface area contributed by atoms with Crippen LogP contribution in [0.15, 0.2) is 48.7 Å². The normalized spacial score (nSPS) is 13.8. The van der Waals surface area contributed by atoms with E-state index in [0.29, 0.717) is 0 Å². The van der Waals surface area contributed by atoms with Crippen LogP contribution in [0.1, 0.15) is 57.1 Å². The number of fused-ring (bicyclic) bond motifs is 1. The van der Waals surface area contributed by atoms with Crippen LogP contribution in [0.3, 0.4) is 0 Å². The summed E-state index contributed by atoms with van der Waals surface area (Å²) in [4.78, 5) is 21.8. The first-order valence-corrected chi connectivity index (χ1v) is 8.67.